The Morgan fingerprint density at radius 1 is 1.00 bits per heavy atom. The molecule has 7 rings (SSSR count). The zero-order chi connectivity index (χ0) is 26.6. The molecular formula is C30H31ClFN5O2. The molecule has 7 nitrogen and oxygen atoms in total. The number of ether oxygens (including phenoxy) is 1. The molecule has 3 fully saturated rings. The van der Waals surface area contributed by atoms with Gasteiger partial charge in [-0.3, -0.25) is 9.88 Å². The lowest BCUT2D eigenvalue weighted by Gasteiger charge is -2.32. The van der Waals surface area contributed by atoms with Crippen molar-refractivity contribution in [3.05, 3.63) is 47.4 Å². The summed E-state index contributed by atoms with van der Waals surface area (Å²) in [6, 6.07) is 8.70. The second-order valence-corrected chi connectivity index (χ2v) is 11.5. The van der Waals surface area contributed by atoms with Crippen molar-refractivity contribution in [2.45, 2.75) is 50.5 Å². The molecule has 39 heavy (non-hydrogen) atoms. The highest BCUT2D eigenvalue weighted by Crippen LogP contribution is 2.41. The molecule has 0 bridgehead atoms. The number of benzene rings is 2. The molecule has 3 aliphatic rings. The summed E-state index contributed by atoms with van der Waals surface area (Å²) in [7, 11) is 0. The quantitative estimate of drug-likeness (QED) is 0.312. The third-order valence-electron chi connectivity index (χ3n) is 8.75. The van der Waals surface area contributed by atoms with Crippen LogP contribution in [-0.4, -0.2) is 63.3 Å². The Hall–Kier alpha value is -3.23. The topological polar surface area (TPSA) is 74.6 Å². The molecule has 0 spiro atoms. The highest BCUT2D eigenvalue weighted by Gasteiger charge is 2.45. The van der Waals surface area contributed by atoms with Crippen LogP contribution in [0, 0.1) is 5.82 Å². The van der Waals surface area contributed by atoms with Gasteiger partial charge in [0.25, 0.3) is 0 Å². The summed E-state index contributed by atoms with van der Waals surface area (Å²) >= 11 is 6.55. The lowest BCUT2D eigenvalue weighted by molar-refractivity contribution is 0.108. The SMILES string of the molecule is Oc1cc(-c2ncc3c(N4CCCCC4)nc(OCC45CCCN4CCC5)nc3c2F)c2c(Cl)cccc2c1. The summed E-state index contributed by atoms with van der Waals surface area (Å²) < 4.78 is 22.8. The number of aromatic nitrogens is 3. The van der Waals surface area contributed by atoms with Crippen molar-refractivity contribution in [1.82, 2.24) is 19.9 Å². The maximum Gasteiger partial charge on any atom is 0.319 e. The minimum atomic E-state index is -0.577. The van der Waals surface area contributed by atoms with Crippen molar-refractivity contribution < 1.29 is 14.2 Å². The van der Waals surface area contributed by atoms with Crippen LogP contribution < -0.4 is 9.64 Å². The highest BCUT2D eigenvalue weighted by atomic mass is 35.5. The van der Waals surface area contributed by atoms with E-state index in [1.807, 2.05) is 6.07 Å². The Labute approximate surface area is 231 Å². The number of hydrogen-bond acceptors (Lipinski definition) is 7. The second kappa shape index (κ2) is 9.75. The third-order valence-corrected chi connectivity index (χ3v) is 9.06. The first-order chi connectivity index (χ1) is 19.0. The monoisotopic (exact) mass is 547 g/mol. The summed E-state index contributed by atoms with van der Waals surface area (Å²) in [5, 5.41) is 12.8. The van der Waals surface area contributed by atoms with Gasteiger partial charge in [0.1, 0.15) is 29.4 Å². The van der Waals surface area contributed by atoms with E-state index in [9.17, 15) is 5.11 Å². The number of anilines is 1. The normalized spacial score (nSPS) is 19.2. The van der Waals surface area contributed by atoms with Crippen LogP contribution in [0.5, 0.6) is 11.8 Å². The summed E-state index contributed by atoms with van der Waals surface area (Å²) in [4.78, 5) is 18.7. The van der Waals surface area contributed by atoms with Gasteiger partial charge < -0.3 is 14.7 Å². The van der Waals surface area contributed by atoms with Crippen LogP contribution in [0.25, 0.3) is 32.9 Å². The maximum atomic E-state index is 16.5. The molecule has 0 amide bonds. The first-order valence-corrected chi connectivity index (χ1v) is 14.3. The van der Waals surface area contributed by atoms with Gasteiger partial charge in [-0.2, -0.15) is 9.97 Å². The molecule has 0 aliphatic carbocycles. The molecule has 9 heteroatoms. The van der Waals surface area contributed by atoms with Crippen LogP contribution in [0.2, 0.25) is 5.02 Å². The van der Waals surface area contributed by atoms with Crippen molar-refractivity contribution in [2.75, 3.05) is 37.7 Å². The molecule has 2 aromatic heterocycles. The number of aromatic hydroxyl groups is 1. The predicted molar refractivity (Wildman–Crippen MR) is 151 cm³/mol. The van der Waals surface area contributed by atoms with Crippen LogP contribution in [0.4, 0.5) is 10.2 Å². The van der Waals surface area contributed by atoms with E-state index in [0.29, 0.717) is 39.2 Å². The van der Waals surface area contributed by atoms with E-state index in [0.717, 1.165) is 51.9 Å². The van der Waals surface area contributed by atoms with Crippen molar-refractivity contribution in [1.29, 1.82) is 0 Å². The van der Waals surface area contributed by atoms with E-state index in [1.54, 1.807) is 24.4 Å². The van der Waals surface area contributed by atoms with Crippen molar-refractivity contribution >= 4 is 39.1 Å². The zero-order valence-electron chi connectivity index (χ0n) is 21.8. The molecule has 0 saturated carbocycles. The fraction of sp³-hybridized carbons (Fsp3) is 0.433. The van der Waals surface area contributed by atoms with Gasteiger partial charge in [0.05, 0.1) is 10.9 Å². The Kier molecular flexibility index (Phi) is 6.20. The standard InChI is InChI=1S/C30H31ClFN5O2/c31-23-8-4-7-19-15-20(38)16-21(24(19)23)26-25(32)27-22(17-33-26)28(36-11-2-1-3-12-36)35-29(34-27)39-18-30-9-5-13-37(30)14-6-10-30/h4,7-8,15-17,38H,1-3,5-6,9-14,18H2. The van der Waals surface area contributed by atoms with Gasteiger partial charge in [-0.25, -0.2) is 4.39 Å². The van der Waals surface area contributed by atoms with Gasteiger partial charge in [0, 0.05) is 35.3 Å². The molecule has 1 N–H and O–H groups in total. The Morgan fingerprint density at radius 2 is 1.79 bits per heavy atom. The van der Waals surface area contributed by atoms with Crippen LogP contribution in [0.1, 0.15) is 44.9 Å². The third kappa shape index (κ3) is 4.25. The summed E-state index contributed by atoms with van der Waals surface area (Å²) in [6.07, 6.45) is 9.48. The number of fused-ring (bicyclic) bond motifs is 3. The Balaban J connectivity index is 1.36. The van der Waals surface area contributed by atoms with E-state index in [-0.39, 0.29) is 28.5 Å². The molecule has 3 saturated heterocycles. The summed E-state index contributed by atoms with van der Waals surface area (Å²) in [6.45, 7) is 4.40. The molecule has 0 radical (unpaired) electrons. The number of phenolic OH excluding ortho intramolecular Hbond substituents is 1. The zero-order valence-corrected chi connectivity index (χ0v) is 22.6. The van der Waals surface area contributed by atoms with Crippen LogP contribution in [0.15, 0.2) is 36.5 Å². The molecule has 3 aliphatic heterocycles. The van der Waals surface area contributed by atoms with Gasteiger partial charge in [0.15, 0.2) is 5.82 Å². The van der Waals surface area contributed by atoms with Crippen LogP contribution in [-0.2, 0) is 0 Å². The predicted octanol–water partition coefficient (Wildman–Crippen LogP) is 6.34. The van der Waals surface area contributed by atoms with Gasteiger partial charge in [-0.15, -0.1) is 0 Å². The average molecular weight is 548 g/mol. The first-order valence-electron chi connectivity index (χ1n) is 13.9. The van der Waals surface area contributed by atoms with Gasteiger partial charge in [0.2, 0.25) is 0 Å². The van der Waals surface area contributed by atoms with Gasteiger partial charge in [-0.1, -0.05) is 23.7 Å². The minimum Gasteiger partial charge on any atom is -0.508 e. The fourth-order valence-electron chi connectivity index (χ4n) is 6.83. The smallest absolute Gasteiger partial charge is 0.319 e. The largest absolute Gasteiger partial charge is 0.508 e. The molecule has 0 atom stereocenters. The number of phenols is 1. The molecule has 0 unspecified atom stereocenters. The second-order valence-electron chi connectivity index (χ2n) is 11.1. The van der Waals surface area contributed by atoms with Crippen molar-refractivity contribution in [2.24, 2.45) is 0 Å². The minimum absolute atomic E-state index is 0.0127. The number of pyridine rings is 1. The summed E-state index contributed by atoms with van der Waals surface area (Å²) in [5.41, 5.74) is 0.702. The van der Waals surface area contributed by atoms with Crippen LogP contribution >= 0.6 is 11.6 Å². The summed E-state index contributed by atoms with van der Waals surface area (Å²) in [5.74, 6) is 0.101. The molecule has 202 valence electrons. The first kappa shape index (κ1) is 24.8. The van der Waals surface area contributed by atoms with Gasteiger partial charge in [-0.05, 0) is 81.6 Å². The van der Waals surface area contributed by atoms with E-state index in [1.165, 1.54) is 25.3 Å². The lowest BCUT2D eigenvalue weighted by atomic mass is 9.95. The van der Waals surface area contributed by atoms with Crippen molar-refractivity contribution in [3.8, 4) is 23.0 Å². The van der Waals surface area contributed by atoms with Gasteiger partial charge >= 0.3 is 6.01 Å². The molecule has 5 heterocycles. The van der Waals surface area contributed by atoms with Crippen LogP contribution in [0.3, 0.4) is 0 Å². The Morgan fingerprint density at radius 3 is 2.59 bits per heavy atom. The number of halogens is 2. The fourth-order valence-corrected chi connectivity index (χ4v) is 7.12. The lowest BCUT2D eigenvalue weighted by Crippen LogP contribution is -2.43. The molecule has 2 aromatic carbocycles. The number of nitrogens with zero attached hydrogens (tertiary/aromatic N) is 5. The Bertz CT molecular complexity index is 1560. The van der Waals surface area contributed by atoms with E-state index < -0.39 is 5.82 Å². The van der Waals surface area contributed by atoms with E-state index in [2.05, 4.69) is 19.8 Å². The highest BCUT2D eigenvalue weighted by molar-refractivity contribution is 6.36. The van der Waals surface area contributed by atoms with E-state index in [4.69, 9.17) is 21.3 Å². The number of hydrogen-bond donors (Lipinski definition) is 1. The maximum absolute atomic E-state index is 16.5. The van der Waals surface area contributed by atoms with Crippen molar-refractivity contribution in [3.63, 3.8) is 0 Å². The molecular weight excluding hydrogens is 517 g/mol. The molecule has 4 aromatic rings. The average Bonchev–Trinajstić information content (AvgIpc) is 3.53. The van der Waals surface area contributed by atoms with E-state index >= 15 is 4.39 Å². The number of piperidine rings is 1. The number of rotatable bonds is 5.